The summed E-state index contributed by atoms with van der Waals surface area (Å²) in [7, 11) is 3.28. The number of benzene rings is 3. The second-order valence-electron chi connectivity index (χ2n) is 7.87. The monoisotopic (exact) mass is 434 g/mol. The second-order valence-corrected chi connectivity index (χ2v) is 7.87. The third-order valence-electron chi connectivity index (χ3n) is 5.22. The van der Waals surface area contributed by atoms with Gasteiger partial charge in [-0.05, 0) is 59.9 Å². The van der Waals surface area contributed by atoms with Gasteiger partial charge in [0.1, 0.15) is 36.2 Å². The Morgan fingerprint density at radius 3 is 1.62 bits per heavy atom. The fourth-order valence-electron chi connectivity index (χ4n) is 3.31. The van der Waals surface area contributed by atoms with Gasteiger partial charge in [-0.25, -0.2) is 0 Å². The number of ether oxygens (including phenoxy) is 4. The maximum absolute atomic E-state index is 12.3. The molecule has 0 saturated heterocycles. The van der Waals surface area contributed by atoms with Gasteiger partial charge in [0.05, 0.1) is 19.8 Å². The third kappa shape index (κ3) is 5.82. The molecule has 3 aromatic carbocycles. The summed E-state index contributed by atoms with van der Waals surface area (Å²) in [5.41, 5.74) is 3.53. The molecule has 0 radical (unpaired) electrons. The standard InChI is InChI=1S/C27H30O5/c1-18(2)24-14-25(19(3)28)27(32-17-21-8-12-23(30-5)13-9-21)15-26(24)31-16-20-6-10-22(29-4)11-7-20/h6-15,18H,16-17H2,1-5H3. The highest BCUT2D eigenvalue weighted by Gasteiger charge is 2.18. The highest BCUT2D eigenvalue weighted by molar-refractivity contribution is 5.97. The van der Waals surface area contributed by atoms with E-state index in [1.807, 2.05) is 60.7 Å². The Kier molecular flexibility index (Phi) is 7.77. The van der Waals surface area contributed by atoms with Gasteiger partial charge >= 0.3 is 0 Å². The first kappa shape index (κ1) is 23.2. The summed E-state index contributed by atoms with van der Waals surface area (Å²) in [6.45, 7) is 6.45. The zero-order valence-corrected chi connectivity index (χ0v) is 19.3. The van der Waals surface area contributed by atoms with Crippen LogP contribution in [0.4, 0.5) is 0 Å². The van der Waals surface area contributed by atoms with E-state index >= 15 is 0 Å². The van der Waals surface area contributed by atoms with Crippen LogP contribution in [0.5, 0.6) is 23.0 Å². The maximum atomic E-state index is 12.3. The van der Waals surface area contributed by atoms with Crippen molar-refractivity contribution >= 4 is 5.78 Å². The first-order valence-electron chi connectivity index (χ1n) is 10.6. The van der Waals surface area contributed by atoms with E-state index in [0.717, 1.165) is 28.2 Å². The predicted molar refractivity (Wildman–Crippen MR) is 125 cm³/mol. The van der Waals surface area contributed by atoms with Gasteiger partial charge in [0.2, 0.25) is 0 Å². The molecule has 0 aliphatic carbocycles. The summed E-state index contributed by atoms with van der Waals surface area (Å²) in [6, 6.07) is 19.1. The minimum atomic E-state index is -0.0432. The first-order chi connectivity index (χ1) is 15.4. The fraction of sp³-hybridized carbons (Fsp3) is 0.296. The lowest BCUT2D eigenvalue weighted by Gasteiger charge is -2.19. The second kappa shape index (κ2) is 10.7. The van der Waals surface area contributed by atoms with Gasteiger partial charge in [-0.1, -0.05) is 38.1 Å². The van der Waals surface area contributed by atoms with Crippen molar-refractivity contribution in [3.05, 3.63) is 82.9 Å². The smallest absolute Gasteiger partial charge is 0.163 e. The van der Waals surface area contributed by atoms with Gasteiger partial charge in [-0.2, -0.15) is 0 Å². The van der Waals surface area contributed by atoms with Crippen LogP contribution in [0.25, 0.3) is 0 Å². The number of ketones is 1. The number of methoxy groups -OCH3 is 2. The largest absolute Gasteiger partial charge is 0.497 e. The van der Waals surface area contributed by atoms with Crippen LogP contribution in [0.15, 0.2) is 60.7 Å². The van der Waals surface area contributed by atoms with Crippen LogP contribution in [0.1, 0.15) is 53.7 Å². The molecule has 0 fully saturated rings. The molecule has 0 aliphatic rings. The Balaban J connectivity index is 1.84. The molecule has 0 bridgehead atoms. The molecule has 0 spiro atoms. The van der Waals surface area contributed by atoms with Crippen molar-refractivity contribution in [3.8, 4) is 23.0 Å². The molecule has 5 nitrogen and oxygen atoms in total. The third-order valence-corrected chi connectivity index (χ3v) is 5.22. The zero-order chi connectivity index (χ0) is 23.1. The topological polar surface area (TPSA) is 54.0 Å². The molecule has 168 valence electrons. The van der Waals surface area contributed by atoms with Crippen molar-refractivity contribution in [3.63, 3.8) is 0 Å². The van der Waals surface area contributed by atoms with Crippen molar-refractivity contribution in [1.82, 2.24) is 0 Å². The predicted octanol–water partition coefficient (Wildman–Crippen LogP) is 6.19. The van der Waals surface area contributed by atoms with Gasteiger partial charge in [0.15, 0.2) is 5.78 Å². The van der Waals surface area contributed by atoms with Gasteiger partial charge in [-0.15, -0.1) is 0 Å². The molecule has 0 saturated carbocycles. The van der Waals surface area contributed by atoms with Gasteiger partial charge < -0.3 is 18.9 Å². The highest BCUT2D eigenvalue weighted by atomic mass is 16.5. The van der Waals surface area contributed by atoms with Gasteiger partial charge in [0.25, 0.3) is 0 Å². The minimum absolute atomic E-state index is 0.0432. The molecule has 0 amide bonds. The molecular formula is C27H30O5. The molecule has 0 atom stereocenters. The number of hydrogen-bond donors (Lipinski definition) is 0. The first-order valence-corrected chi connectivity index (χ1v) is 10.6. The van der Waals surface area contributed by atoms with Gasteiger partial charge in [0, 0.05) is 6.07 Å². The van der Waals surface area contributed by atoms with Crippen molar-refractivity contribution in [1.29, 1.82) is 0 Å². The van der Waals surface area contributed by atoms with Crippen molar-refractivity contribution < 1.29 is 23.7 Å². The molecule has 0 heterocycles. The van der Waals surface area contributed by atoms with E-state index in [1.54, 1.807) is 21.1 Å². The van der Waals surface area contributed by atoms with Crippen LogP contribution in [0.3, 0.4) is 0 Å². The molecule has 3 aromatic rings. The lowest BCUT2D eigenvalue weighted by Crippen LogP contribution is -2.06. The summed E-state index contributed by atoms with van der Waals surface area (Å²) >= 11 is 0. The van der Waals surface area contributed by atoms with E-state index < -0.39 is 0 Å². The van der Waals surface area contributed by atoms with Crippen LogP contribution < -0.4 is 18.9 Å². The lowest BCUT2D eigenvalue weighted by molar-refractivity contribution is 0.101. The number of carbonyl (C=O) groups excluding carboxylic acids is 1. The van der Waals surface area contributed by atoms with Crippen LogP contribution in [-0.4, -0.2) is 20.0 Å². The summed E-state index contributed by atoms with van der Waals surface area (Å²) in [5, 5.41) is 0. The number of hydrogen-bond acceptors (Lipinski definition) is 5. The van der Waals surface area contributed by atoms with E-state index in [2.05, 4.69) is 13.8 Å². The number of Topliss-reactive ketones (excluding diaryl/α,β-unsaturated/α-hetero) is 1. The van der Waals surface area contributed by atoms with Crippen LogP contribution in [-0.2, 0) is 13.2 Å². The zero-order valence-electron chi connectivity index (χ0n) is 19.3. The van der Waals surface area contributed by atoms with E-state index in [0.29, 0.717) is 30.3 Å². The van der Waals surface area contributed by atoms with Gasteiger partial charge in [-0.3, -0.25) is 4.79 Å². The molecule has 32 heavy (non-hydrogen) atoms. The van der Waals surface area contributed by atoms with Crippen molar-refractivity contribution in [2.75, 3.05) is 14.2 Å². The molecule has 0 N–H and O–H groups in total. The molecule has 0 unspecified atom stereocenters. The van der Waals surface area contributed by atoms with Crippen LogP contribution in [0, 0.1) is 0 Å². The highest BCUT2D eigenvalue weighted by Crippen LogP contribution is 2.35. The minimum Gasteiger partial charge on any atom is -0.497 e. The molecule has 3 rings (SSSR count). The SMILES string of the molecule is COc1ccc(COc2cc(OCc3ccc(OC)cc3)c(C(C)C)cc2C(C)=O)cc1. The summed E-state index contributed by atoms with van der Waals surface area (Å²) in [5.74, 6) is 2.96. The quantitative estimate of drug-likeness (QED) is 0.356. The molecule has 0 aromatic heterocycles. The van der Waals surface area contributed by atoms with E-state index in [9.17, 15) is 4.79 Å². The Hall–Kier alpha value is -3.47. The van der Waals surface area contributed by atoms with Crippen molar-refractivity contribution in [2.45, 2.75) is 39.9 Å². The Bertz CT molecular complexity index is 1040. The fourth-order valence-corrected chi connectivity index (χ4v) is 3.31. The molecular weight excluding hydrogens is 404 g/mol. The average Bonchev–Trinajstić information content (AvgIpc) is 2.81. The molecule has 0 aliphatic heterocycles. The average molecular weight is 435 g/mol. The molecule has 5 heteroatoms. The lowest BCUT2D eigenvalue weighted by atomic mass is 9.97. The van der Waals surface area contributed by atoms with E-state index in [4.69, 9.17) is 18.9 Å². The Morgan fingerprint density at radius 2 is 1.22 bits per heavy atom. The van der Waals surface area contributed by atoms with E-state index in [1.165, 1.54) is 0 Å². The summed E-state index contributed by atoms with van der Waals surface area (Å²) in [4.78, 5) is 12.3. The van der Waals surface area contributed by atoms with Crippen LogP contribution in [0.2, 0.25) is 0 Å². The summed E-state index contributed by atoms with van der Waals surface area (Å²) in [6.07, 6.45) is 0. The summed E-state index contributed by atoms with van der Waals surface area (Å²) < 4.78 is 22.6. The number of carbonyl (C=O) groups is 1. The normalized spacial score (nSPS) is 10.7. The number of rotatable bonds is 10. The Labute approximate surface area is 189 Å². The van der Waals surface area contributed by atoms with Crippen molar-refractivity contribution in [2.24, 2.45) is 0 Å². The van der Waals surface area contributed by atoms with Crippen LogP contribution >= 0.6 is 0 Å². The van der Waals surface area contributed by atoms with E-state index in [-0.39, 0.29) is 11.7 Å². The maximum Gasteiger partial charge on any atom is 0.163 e. The Morgan fingerprint density at radius 1 is 0.750 bits per heavy atom.